The predicted molar refractivity (Wildman–Crippen MR) is 67.3 cm³/mol. The molecule has 0 spiro atoms. The molecule has 0 aliphatic rings. The van der Waals surface area contributed by atoms with Gasteiger partial charge in [0.1, 0.15) is 17.5 Å². The molecular weight excluding hydrogens is 295 g/mol. The standard InChI is InChI=1S/C11H14F3N3O2S/c12-7-5-8(13)11(9(14)6-7)20(18,19)17-4-2-1-3-10(15)16/h5-6,17H,1-4H2,(H3,15,16). The zero-order valence-electron chi connectivity index (χ0n) is 10.4. The SMILES string of the molecule is N=C(N)CCCCNS(=O)(=O)c1c(F)cc(F)cc1F. The van der Waals surface area contributed by atoms with Gasteiger partial charge in [-0.1, -0.05) is 0 Å². The van der Waals surface area contributed by atoms with Crippen molar-refractivity contribution in [1.82, 2.24) is 4.72 Å². The van der Waals surface area contributed by atoms with Gasteiger partial charge in [0.2, 0.25) is 10.0 Å². The van der Waals surface area contributed by atoms with Crippen LogP contribution >= 0.6 is 0 Å². The lowest BCUT2D eigenvalue weighted by molar-refractivity contribution is 0.493. The van der Waals surface area contributed by atoms with Crippen molar-refractivity contribution in [3.63, 3.8) is 0 Å². The molecule has 20 heavy (non-hydrogen) atoms. The molecule has 0 amide bonds. The third kappa shape index (κ3) is 4.49. The summed E-state index contributed by atoms with van der Waals surface area (Å²) >= 11 is 0. The molecule has 1 aromatic rings. The number of halogens is 3. The molecule has 0 heterocycles. The van der Waals surface area contributed by atoms with Crippen LogP contribution in [0.5, 0.6) is 0 Å². The lowest BCUT2D eigenvalue weighted by atomic mass is 10.2. The highest BCUT2D eigenvalue weighted by Gasteiger charge is 2.24. The molecule has 5 nitrogen and oxygen atoms in total. The highest BCUT2D eigenvalue weighted by molar-refractivity contribution is 7.89. The van der Waals surface area contributed by atoms with Crippen LogP contribution in [0.4, 0.5) is 13.2 Å². The third-order valence-electron chi connectivity index (χ3n) is 2.40. The van der Waals surface area contributed by atoms with E-state index < -0.39 is 32.4 Å². The second kappa shape index (κ2) is 6.71. The molecule has 0 unspecified atom stereocenters. The number of nitrogens with one attached hydrogen (secondary N) is 2. The first-order chi connectivity index (χ1) is 9.24. The maximum Gasteiger partial charge on any atom is 0.246 e. The fourth-order valence-electron chi connectivity index (χ4n) is 1.50. The van der Waals surface area contributed by atoms with Gasteiger partial charge in [0, 0.05) is 25.1 Å². The van der Waals surface area contributed by atoms with E-state index >= 15 is 0 Å². The predicted octanol–water partition coefficient (Wildman–Crippen LogP) is 1.49. The summed E-state index contributed by atoms with van der Waals surface area (Å²) in [5, 5.41) is 6.97. The number of amidine groups is 1. The van der Waals surface area contributed by atoms with Gasteiger partial charge < -0.3 is 5.73 Å². The van der Waals surface area contributed by atoms with Gasteiger partial charge in [-0.05, 0) is 12.8 Å². The first-order valence-corrected chi connectivity index (χ1v) is 7.19. The van der Waals surface area contributed by atoms with Gasteiger partial charge in [-0.15, -0.1) is 0 Å². The summed E-state index contributed by atoms with van der Waals surface area (Å²) in [6.45, 7) is -0.0636. The minimum absolute atomic E-state index is 0.0246. The first kappa shape index (κ1) is 16.4. The normalized spacial score (nSPS) is 11.6. The van der Waals surface area contributed by atoms with E-state index in [0.29, 0.717) is 31.4 Å². The largest absolute Gasteiger partial charge is 0.388 e. The summed E-state index contributed by atoms with van der Waals surface area (Å²) < 4.78 is 64.8. The quantitative estimate of drug-likeness (QED) is 0.404. The molecule has 0 aliphatic heterocycles. The van der Waals surface area contributed by atoms with Crippen LogP contribution in [0.2, 0.25) is 0 Å². The lowest BCUT2D eigenvalue weighted by Gasteiger charge is -2.08. The average molecular weight is 309 g/mol. The lowest BCUT2D eigenvalue weighted by Crippen LogP contribution is -2.27. The van der Waals surface area contributed by atoms with Gasteiger partial charge in [-0.2, -0.15) is 0 Å². The van der Waals surface area contributed by atoms with Gasteiger partial charge >= 0.3 is 0 Å². The molecule has 4 N–H and O–H groups in total. The minimum Gasteiger partial charge on any atom is -0.388 e. The summed E-state index contributed by atoms with van der Waals surface area (Å²) in [4.78, 5) is -1.20. The Morgan fingerprint density at radius 3 is 2.25 bits per heavy atom. The number of benzene rings is 1. The third-order valence-corrected chi connectivity index (χ3v) is 3.91. The Hall–Kier alpha value is -1.61. The Labute approximate surface area is 114 Å². The fraction of sp³-hybridized carbons (Fsp3) is 0.364. The maximum absolute atomic E-state index is 13.3. The zero-order chi connectivity index (χ0) is 15.3. The van der Waals surface area contributed by atoms with Gasteiger partial charge in [-0.25, -0.2) is 26.3 Å². The number of hydrogen-bond donors (Lipinski definition) is 3. The average Bonchev–Trinajstić information content (AvgIpc) is 2.25. The molecule has 0 aliphatic carbocycles. The van der Waals surface area contributed by atoms with Crippen LogP contribution in [0.25, 0.3) is 0 Å². The van der Waals surface area contributed by atoms with Gasteiger partial charge in [0.15, 0.2) is 4.90 Å². The molecule has 9 heteroatoms. The Morgan fingerprint density at radius 2 is 1.75 bits per heavy atom. The molecule has 112 valence electrons. The number of sulfonamides is 1. The van der Waals surface area contributed by atoms with Gasteiger partial charge in [0.05, 0.1) is 5.84 Å². The maximum atomic E-state index is 13.3. The van der Waals surface area contributed by atoms with Crippen molar-refractivity contribution in [3.05, 3.63) is 29.6 Å². The summed E-state index contributed by atoms with van der Waals surface area (Å²) in [6.07, 6.45) is 1.12. The van der Waals surface area contributed by atoms with E-state index in [1.165, 1.54) is 0 Å². The van der Waals surface area contributed by atoms with E-state index in [1.54, 1.807) is 0 Å². The van der Waals surface area contributed by atoms with E-state index in [9.17, 15) is 21.6 Å². The monoisotopic (exact) mass is 309 g/mol. The molecule has 0 saturated heterocycles. The molecule has 0 atom stereocenters. The van der Waals surface area contributed by atoms with E-state index in [4.69, 9.17) is 11.1 Å². The smallest absolute Gasteiger partial charge is 0.246 e. The Balaban J connectivity index is 2.73. The highest BCUT2D eigenvalue weighted by atomic mass is 32.2. The van der Waals surface area contributed by atoms with Crippen LogP contribution in [0.1, 0.15) is 19.3 Å². The second-order valence-electron chi connectivity index (χ2n) is 4.08. The number of rotatable bonds is 7. The van der Waals surface area contributed by atoms with Gasteiger partial charge in [-0.3, -0.25) is 5.41 Å². The van der Waals surface area contributed by atoms with Crippen LogP contribution in [-0.2, 0) is 10.0 Å². The van der Waals surface area contributed by atoms with Crippen molar-refractivity contribution < 1.29 is 21.6 Å². The van der Waals surface area contributed by atoms with Crippen molar-refractivity contribution in [2.45, 2.75) is 24.2 Å². The summed E-state index contributed by atoms with van der Waals surface area (Å²) in [5.74, 6) is -4.19. The molecule has 0 fully saturated rings. The van der Waals surface area contributed by atoms with Crippen LogP contribution in [0.15, 0.2) is 17.0 Å². The molecule has 0 aromatic heterocycles. The summed E-state index contributed by atoms with van der Waals surface area (Å²) in [5.41, 5.74) is 5.12. The van der Waals surface area contributed by atoms with E-state index in [-0.39, 0.29) is 12.4 Å². The van der Waals surface area contributed by atoms with Crippen molar-refractivity contribution in [3.8, 4) is 0 Å². The number of nitrogens with two attached hydrogens (primary N) is 1. The van der Waals surface area contributed by atoms with E-state index in [1.807, 2.05) is 4.72 Å². The number of hydrogen-bond acceptors (Lipinski definition) is 3. The molecule has 1 rings (SSSR count). The van der Waals surface area contributed by atoms with Crippen molar-refractivity contribution in [2.75, 3.05) is 6.54 Å². The van der Waals surface area contributed by atoms with Crippen LogP contribution in [0, 0.1) is 22.9 Å². The van der Waals surface area contributed by atoms with E-state index in [2.05, 4.69) is 0 Å². The number of unbranched alkanes of at least 4 members (excludes halogenated alkanes) is 1. The minimum atomic E-state index is -4.39. The zero-order valence-corrected chi connectivity index (χ0v) is 11.2. The summed E-state index contributed by atoms with van der Waals surface area (Å²) in [6, 6.07) is 0.598. The molecular formula is C11H14F3N3O2S. The van der Waals surface area contributed by atoms with Crippen LogP contribution in [0.3, 0.4) is 0 Å². The Morgan fingerprint density at radius 1 is 1.20 bits per heavy atom. The molecule has 0 radical (unpaired) electrons. The van der Waals surface area contributed by atoms with Crippen molar-refractivity contribution in [2.24, 2.45) is 5.73 Å². The summed E-state index contributed by atoms with van der Waals surface area (Å²) in [7, 11) is -4.39. The fourth-order valence-corrected chi connectivity index (χ4v) is 2.69. The van der Waals surface area contributed by atoms with E-state index in [0.717, 1.165) is 0 Å². The van der Waals surface area contributed by atoms with Crippen LogP contribution in [-0.4, -0.2) is 20.8 Å². The van der Waals surface area contributed by atoms with Gasteiger partial charge in [0.25, 0.3) is 0 Å². The van der Waals surface area contributed by atoms with Crippen molar-refractivity contribution >= 4 is 15.9 Å². The van der Waals surface area contributed by atoms with Crippen molar-refractivity contribution in [1.29, 1.82) is 5.41 Å². The molecule has 1 aromatic carbocycles. The Bertz CT molecular complexity index is 582. The molecule has 0 saturated carbocycles. The highest BCUT2D eigenvalue weighted by Crippen LogP contribution is 2.19. The first-order valence-electron chi connectivity index (χ1n) is 5.71. The second-order valence-corrected chi connectivity index (χ2v) is 5.78. The topological polar surface area (TPSA) is 96.0 Å². The van der Waals surface area contributed by atoms with Crippen LogP contribution < -0.4 is 10.5 Å². The Kier molecular flexibility index (Phi) is 5.52. The molecule has 0 bridgehead atoms.